The molecule has 1 N–H and O–H groups in total. The van der Waals surface area contributed by atoms with Crippen LogP contribution in [-0.4, -0.2) is 63.1 Å². The van der Waals surface area contributed by atoms with Gasteiger partial charge in [-0.05, 0) is 11.1 Å². The van der Waals surface area contributed by atoms with Crippen molar-refractivity contribution in [2.75, 3.05) is 39.6 Å². The summed E-state index contributed by atoms with van der Waals surface area (Å²) in [6, 6.07) is 20.0. The van der Waals surface area contributed by atoms with Crippen LogP contribution in [0.1, 0.15) is 11.1 Å². The highest BCUT2D eigenvalue weighted by Crippen LogP contribution is 2.09. The maximum absolute atomic E-state index is 10.0. The third-order valence-corrected chi connectivity index (χ3v) is 4.49. The third-order valence-electron chi connectivity index (χ3n) is 4.49. The Bertz CT molecular complexity index is 608. The predicted octanol–water partition coefficient (Wildman–Crippen LogP) is 2.58. The number of hydrogen-bond acceptors (Lipinski definition) is 6. The van der Waals surface area contributed by atoms with Gasteiger partial charge in [0.2, 0.25) is 0 Å². The van der Waals surface area contributed by atoms with Gasteiger partial charge in [0.05, 0.1) is 52.9 Å². The van der Waals surface area contributed by atoms with Crippen LogP contribution < -0.4 is 0 Å². The van der Waals surface area contributed by atoms with E-state index in [-0.39, 0.29) is 25.4 Å². The molecule has 1 heterocycles. The lowest BCUT2D eigenvalue weighted by molar-refractivity contribution is -0.125. The van der Waals surface area contributed by atoms with Gasteiger partial charge in [0.1, 0.15) is 18.3 Å². The van der Waals surface area contributed by atoms with Crippen LogP contribution >= 0.6 is 0 Å². The average molecular weight is 402 g/mol. The first kappa shape index (κ1) is 21.9. The molecule has 1 fully saturated rings. The maximum atomic E-state index is 10.0. The van der Waals surface area contributed by atoms with Crippen LogP contribution in [0.4, 0.5) is 0 Å². The van der Waals surface area contributed by atoms with Crippen molar-refractivity contribution < 1.29 is 28.8 Å². The Morgan fingerprint density at radius 3 is 1.41 bits per heavy atom. The number of benzene rings is 2. The van der Waals surface area contributed by atoms with E-state index in [2.05, 4.69) is 0 Å². The Labute approximate surface area is 172 Å². The summed E-state index contributed by atoms with van der Waals surface area (Å²) in [6.45, 7) is 2.82. The molecule has 158 valence electrons. The van der Waals surface area contributed by atoms with Gasteiger partial charge in [-0.1, -0.05) is 60.7 Å². The molecule has 0 aliphatic carbocycles. The molecule has 3 atom stereocenters. The molecular formula is C23H30O6. The maximum Gasteiger partial charge on any atom is 0.105 e. The summed E-state index contributed by atoms with van der Waals surface area (Å²) in [7, 11) is 0. The van der Waals surface area contributed by atoms with E-state index in [1.54, 1.807) is 0 Å². The molecule has 2 aromatic carbocycles. The number of ether oxygens (including phenoxy) is 5. The van der Waals surface area contributed by atoms with Crippen LogP contribution in [0.3, 0.4) is 0 Å². The normalized spacial score (nSPS) is 24.4. The highest BCUT2D eigenvalue weighted by Gasteiger charge is 2.18. The summed E-state index contributed by atoms with van der Waals surface area (Å²) in [6.07, 6.45) is -1.13. The summed E-state index contributed by atoms with van der Waals surface area (Å²) in [5.41, 5.74) is 2.19. The number of aliphatic hydroxyl groups excluding tert-OH is 1. The van der Waals surface area contributed by atoms with E-state index in [0.717, 1.165) is 11.1 Å². The van der Waals surface area contributed by atoms with Gasteiger partial charge < -0.3 is 28.8 Å². The molecule has 0 amide bonds. The van der Waals surface area contributed by atoms with Crippen molar-refractivity contribution in [2.45, 2.75) is 31.5 Å². The fourth-order valence-electron chi connectivity index (χ4n) is 2.92. The van der Waals surface area contributed by atoms with E-state index in [4.69, 9.17) is 23.7 Å². The van der Waals surface area contributed by atoms with E-state index in [9.17, 15) is 5.11 Å². The molecule has 0 spiro atoms. The minimum atomic E-state index is -0.681. The summed E-state index contributed by atoms with van der Waals surface area (Å²) in [4.78, 5) is 0. The molecule has 2 aromatic rings. The Hall–Kier alpha value is -1.80. The lowest BCUT2D eigenvalue weighted by atomic mass is 10.2. The lowest BCUT2D eigenvalue weighted by Gasteiger charge is -2.24. The zero-order chi connectivity index (χ0) is 20.2. The zero-order valence-electron chi connectivity index (χ0n) is 16.7. The van der Waals surface area contributed by atoms with E-state index < -0.39 is 6.10 Å². The van der Waals surface area contributed by atoms with Crippen LogP contribution in [0, 0.1) is 0 Å². The summed E-state index contributed by atoms with van der Waals surface area (Å²) >= 11 is 0. The lowest BCUT2D eigenvalue weighted by Crippen LogP contribution is -2.34. The zero-order valence-corrected chi connectivity index (χ0v) is 16.7. The van der Waals surface area contributed by atoms with Crippen molar-refractivity contribution in [3.8, 4) is 0 Å². The van der Waals surface area contributed by atoms with Crippen LogP contribution in [-0.2, 0) is 36.9 Å². The van der Waals surface area contributed by atoms with Gasteiger partial charge in [0.15, 0.2) is 0 Å². The fourth-order valence-corrected chi connectivity index (χ4v) is 2.92. The topological polar surface area (TPSA) is 66.4 Å². The molecule has 1 saturated heterocycles. The SMILES string of the molecule is OC1COC[C@@H](OCc2ccccc2)COC[C@@H](OCc2ccccc2)COC1. The second kappa shape index (κ2) is 12.7. The quantitative estimate of drug-likeness (QED) is 0.801. The van der Waals surface area contributed by atoms with Gasteiger partial charge in [0.25, 0.3) is 0 Å². The van der Waals surface area contributed by atoms with Gasteiger partial charge in [-0.3, -0.25) is 0 Å². The highest BCUT2D eigenvalue weighted by molar-refractivity contribution is 5.14. The van der Waals surface area contributed by atoms with E-state index in [1.807, 2.05) is 60.7 Å². The molecule has 6 nitrogen and oxygen atoms in total. The Morgan fingerprint density at radius 2 is 1.00 bits per heavy atom. The molecule has 1 aliphatic heterocycles. The van der Waals surface area contributed by atoms with Crippen molar-refractivity contribution >= 4 is 0 Å². The molecule has 0 radical (unpaired) electrons. The van der Waals surface area contributed by atoms with Gasteiger partial charge in [-0.15, -0.1) is 0 Å². The van der Waals surface area contributed by atoms with E-state index >= 15 is 0 Å². The van der Waals surface area contributed by atoms with Crippen LogP contribution in [0.2, 0.25) is 0 Å². The minimum Gasteiger partial charge on any atom is -0.388 e. The monoisotopic (exact) mass is 402 g/mol. The van der Waals surface area contributed by atoms with E-state index in [0.29, 0.717) is 39.6 Å². The first-order chi connectivity index (χ1) is 14.3. The Kier molecular flexibility index (Phi) is 9.59. The molecular weight excluding hydrogens is 372 g/mol. The van der Waals surface area contributed by atoms with Gasteiger partial charge >= 0.3 is 0 Å². The Morgan fingerprint density at radius 1 is 0.621 bits per heavy atom. The van der Waals surface area contributed by atoms with Crippen molar-refractivity contribution in [1.29, 1.82) is 0 Å². The molecule has 1 aliphatic rings. The van der Waals surface area contributed by atoms with Gasteiger partial charge in [-0.25, -0.2) is 0 Å². The Balaban J connectivity index is 1.50. The van der Waals surface area contributed by atoms with Crippen molar-refractivity contribution in [3.63, 3.8) is 0 Å². The smallest absolute Gasteiger partial charge is 0.105 e. The van der Waals surface area contributed by atoms with Crippen LogP contribution in [0.15, 0.2) is 60.7 Å². The molecule has 0 bridgehead atoms. The summed E-state index contributed by atoms with van der Waals surface area (Å²) in [5, 5.41) is 10.0. The first-order valence-corrected chi connectivity index (χ1v) is 10.0. The molecule has 3 rings (SSSR count). The number of aliphatic hydroxyl groups is 1. The summed E-state index contributed by atoms with van der Waals surface area (Å²) in [5.74, 6) is 0. The largest absolute Gasteiger partial charge is 0.388 e. The third kappa shape index (κ3) is 8.62. The molecule has 6 heteroatoms. The van der Waals surface area contributed by atoms with Gasteiger partial charge in [-0.2, -0.15) is 0 Å². The minimum absolute atomic E-state index is 0.195. The first-order valence-electron chi connectivity index (χ1n) is 10.0. The average Bonchev–Trinajstić information content (AvgIpc) is 2.75. The second-order valence-electron chi connectivity index (χ2n) is 7.10. The molecule has 29 heavy (non-hydrogen) atoms. The molecule has 1 unspecified atom stereocenters. The van der Waals surface area contributed by atoms with E-state index in [1.165, 1.54) is 0 Å². The summed E-state index contributed by atoms with van der Waals surface area (Å²) < 4.78 is 29.0. The number of rotatable bonds is 6. The van der Waals surface area contributed by atoms with Gasteiger partial charge in [0, 0.05) is 0 Å². The van der Waals surface area contributed by atoms with Crippen molar-refractivity contribution in [1.82, 2.24) is 0 Å². The number of hydrogen-bond donors (Lipinski definition) is 1. The molecule has 0 aromatic heterocycles. The van der Waals surface area contributed by atoms with Crippen molar-refractivity contribution in [3.05, 3.63) is 71.8 Å². The highest BCUT2D eigenvalue weighted by atomic mass is 16.6. The van der Waals surface area contributed by atoms with Crippen molar-refractivity contribution in [2.24, 2.45) is 0 Å². The van der Waals surface area contributed by atoms with Crippen LogP contribution in [0.25, 0.3) is 0 Å². The predicted molar refractivity (Wildman–Crippen MR) is 109 cm³/mol. The molecule has 0 saturated carbocycles. The fraction of sp³-hybridized carbons (Fsp3) is 0.478. The second-order valence-corrected chi connectivity index (χ2v) is 7.10. The van der Waals surface area contributed by atoms with Crippen LogP contribution in [0.5, 0.6) is 0 Å². The standard InChI is InChI=1S/C23H30O6/c24-21-13-25-15-22(28-11-19-7-3-1-4-8-19)17-27-18-23(16-26-14-21)29-12-20-9-5-2-6-10-20/h1-10,21-24H,11-18H2/t21?,22-,23+.